The highest BCUT2D eigenvalue weighted by molar-refractivity contribution is 7.90. The summed E-state index contributed by atoms with van der Waals surface area (Å²) in [6, 6.07) is 10.7. The Morgan fingerprint density at radius 1 is 1.27 bits per heavy atom. The summed E-state index contributed by atoms with van der Waals surface area (Å²) in [5, 5.41) is 8.86. The molecule has 1 N–H and O–H groups in total. The number of nitrogens with zero attached hydrogens (tertiary/aromatic N) is 5. The van der Waals surface area contributed by atoms with Gasteiger partial charge in [0.15, 0.2) is 0 Å². The molecule has 2 aromatic heterocycles. The Hall–Kier alpha value is -2.70. The number of pyridine rings is 2. The Balaban J connectivity index is 1.70. The van der Waals surface area contributed by atoms with E-state index >= 15 is 0 Å². The zero-order chi connectivity index (χ0) is 18.7. The number of rotatable bonds is 4. The van der Waals surface area contributed by atoms with Gasteiger partial charge in [0.1, 0.15) is 17.7 Å². The van der Waals surface area contributed by atoms with Gasteiger partial charge in [0.05, 0.1) is 5.56 Å². The maximum atomic E-state index is 12.6. The molecule has 0 spiro atoms. The van der Waals surface area contributed by atoms with Crippen LogP contribution in [0.4, 0.5) is 11.6 Å². The number of piperazine rings is 1. The molecule has 1 aliphatic heterocycles. The van der Waals surface area contributed by atoms with Gasteiger partial charge in [-0.3, -0.25) is 4.72 Å². The maximum Gasteiger partial charge on any atom is 0.302 e. The topological polar surface area (TPSA) is 102 Å². The van der Waals surface area contributed by atoms with E-state index in [4.69, 9.17) is 5.26 Å². The Bertz CT molecular complexity index is 923. The second kappa shape index (κ2) is 7.27. The molecule has 26 heavy (non-hydrogen) atoms. The summed E-state index contributed by atoms with van der Waals surface area (Å²) in [6.45, 7) is 4.95. The van der Waals surface area contributed by atoms with Crippen molar-refractivity contribution in [2.24, 2.45) is 0 Å². The SMILES string of the molecule is Cc1cccc(NS(=O)(=O)N2CCN(c3ccc(C#N)cn3)[C@H](C)C2)n1. The summed E-state index contributed by atoms with van der Waals surface area (Å²) < 4.78 is 29.2. The second-order valence-corrected chi connectivity index (χ2v) is 7.86. The van der Waals surface area contributed by atoms with Crippen LogP contribution < -0.4 is 9.62 Å². The third-order valence-electron chi connectivity index (χ3n) is 4.22. The standard InChI is InChI=1S/C17H20N6O2S/c1-13-4-3-5-16(20-13)21-26(24,25)22-8-9-23(14(2)12-22)17-7-6-15(10-18)11-19-17/h3-7,11,14H,8-9,12H2,1-2H3,(H,20,21)/t14-/m1/s1. The van der Waals surface area contributed by atoms with Crippen LogP contribution in [-0.4, -0.2) is 48.4 Å². The van der Waals surface area contributed by atoms with Gasteiger partial charge in [-0.1, -0.05) is 6.07 Å². The minimum absolute atomic E-state index is 0.0498. The lowest BCUT2D eigenvalue weighted by Gasteiger charge is -2.39. The second-order valence-electron chi connectivity index (χ2n) is 6.19. The zero-order valence-corrected chi connectivity index (χ0v) is 15.4. The van der Waals surface area contributed by atoms with Crippen molar-refractivity contribution < 1.29 is 8.42 Å². The fraction of sp³-hybridized carbons (Fsp3) is 0.353. The van der Waals surface area contributed by atoms with E-state index in [1.807, 2.05) is 30.9 Å². The molecule has 0 aromatic carbocycles. The summed E-state index contributed by atoms with van der Waals surface area (Å²) in [5.41, 5.74) is 1.24. The van der Waals surface area contributed by atoms with Crippen molar-refractivity contribution in [3.63, 3.8) is 0 Å². The summed E-state index contributed by atoms with van der Waals surface area (Å²) in [6.07, 6.45) is 1.52. The first kappa shape index (κ1) is 18.1. The smallest absolute Gasteiger partial charge is 0.302 e. The van der Waals surface area contributed by atoms with Gasteiger partial charge < -0.3 is 4.90 Å². The van der Waals surface area contributed by atoms with Gasteiger partial charge in [-0.15, -0.1) is 0 Å². The minimum atomic E-state index is -3.67. The number of aryl methyl sites for hydroxylation is 1. The van der Waals surface area contributed by atoms with E-state index in [2.05, 4.69) is 14.7 Å². The zero-order valence-electron chi connectivity index (χ0n) is 14.6. The molecule has 1 fully saturated rings. The fourth-order valence-electron chi connectivity index (χ4n) is 2.90. The summed E-state index contributed by atoms with van der Waals surface area (Å²) >= 11 is 0. The van der Waals surface area contributed by atoms with Gasteiger partial charge in [0, 0.05) is 37.6 Å². The number of nitriles is 1. The Labute approximate surface area is 153 Å². The van der Waals surface area contributed by atoms with E-state index in [9.17, 15) is 8.42 Å². The van der Waals surface area contributed by atoms with Crippen LogP contribution in [0.2, 0.25) is 0 Å². The molecule has 3 heterocycles. The molecule has 0 amide bonds. The highest BCUT2D eigenvalue weighted by Gasteiger charge is 2.32. The first-order valence-electron chi connectivity index (χ1n) is 8.23. The molecule has 1 atom stereocenters. The van der Waals surface area contributed by atoms with E-state index in [-0.39, 0.29) is 6.04 Å². The maximum absolute atomic E-state index is 12.6. The van der Waals surface area contributed by atoms with Gasteiger partial charge in [0.25, 0.3) is 0 Å². The Morgan fingerprint density at radius 2 is 2.08 bits per heavy atom. The van der Waals surface area contributed by atoms with Crippen LogP contribution in [-0.2, 0) is 10.2 Å². The van der Waals surface area contributed by atoms with Crippen molar-refractivity contribution in [3.8, 4) is 6.07 Å². The van der Waals surface area contributed by atoms with E-state index in [1.54, 1.807) is 24.3 Å². The largest absolute Gasteiger partial charge is 0.351 e. The van der Waals surface area contributed by atoms with Crippen LogP contribution in [0.25, 0.3) is 0 Å². The lowest BCUT2D eigenvalue weighted by molar-refractivity contribution is 0.343. The monoisotopic (exact) mass is 372 g/mol. The van der Waals surface area contributed by atoms with Crippen LogP contribution in [0.5, 0.6) is 0 Å². The molecule has 0 bridgehead atoms. The van der Waals surface area contributed by atoms with Gasteiger partial charge in [-0.25, -0.2) is 9.97 Å². The molecular weight excluding hydrogens is 352 g/mol. The predicted octanol–water partition coefficient (Wildman–Crippen LogP) is 1.52. The quantitative estimate of drug-likeness (QED) is 0.873. The van der Waals surface area contributed by atoms with Crippen molar-refractivity contribution in [2.45, 2.75) is 19.9 Å². The summed E-state index contributed by atoms with van der Waals surface area (Å²) in [7, 11) is -3.67. The van der Waals surface area contributed by atoms with Crippen molar-refractivity contribution >= 4 is 21.8 Å². The number of nitrogens with one attached hydrogen (secondary N) is 1. The van der Waals surface area contributed by atoms with Crippen molar-refractivity contribution in [2.75, 3.05) is 29.3 Å². The molecule has 3 rings (SSSR count). The molecule has 9 heteroatoms. The number of hydrogen-bond donors (Lipinski definition) is 1. The lowest BCUT2D eigenvalue weighted by atomic mass is 10.2. The third kappa shape index (κ3) is 3.92. The average Bonchev–Trinajstić information content (AvgIpc) is 2.61. The summed E-state index contributed by atoms with van der Waals surface area (Å²) in [4.78, 5) is 10.5. The molecule has 1 aliphatic rings. The van der Waals surface area contributed by atoms with E-state index in [0.717, 1.165) is 11.5 Å². The van der Waals surface area contributed by atoms with Crippen LogP contribution in [0.3, 0.4) is 0 Å². The highest BCUT2D eigenvalue weighted by Crippen LogP contribution is 2.21. The van der Waals surface area contributed by atoms with Crippen LogP contribution in [0, 0.1) is 18.3 Å². The molecule has 136 valence electrons. The van der Waals surface area contributed by atoms with Crippen LogP contribution in [0.15, 0.2) is 36.5 Å². The third-order valence-corrected chi connectivity index (χ3v) is 5.70. The minimum Gasteiger partial charge on any atom is -0.351 e. The molecule has 8 nitrogen and oxygen atoms in total. The van der Waals surface area contributed by atoms with Gasteiger partial charge in [0.2, 0.25) is 0 Å². The first-order valence-corrected chi connectivity index (χ1v) is 9.67. The number of hydrogen-bond acceptors (Lipinski definition) is 6. The molecule has 0 radical (unpaired) electrons. The van der Waals surface area contributed by atoms with Gasteiger partial charge in [-0.05, 0) is 38.1 Å². The summed E-state index contributed by atoms with van der Waals surface area (Å²) in [5.74, 6) is 1.05. The van der Waals surface area contributed by atoms with E-state index in [0.29, 0.717) is 31.0 Å². The molecule has 0 unspecified atom stereocenters. The Kier molecular flexibility index (Phi) is 5.06. The molecule has 0 saturated carbocycles. The molecule has 0 aliphatic carbocycles. The van der Waals surface area contributed by atoms with Crippen molar-refractivity contribution in [1.29, 1.82) is 5.26 Å². The van der Waals surface area contributed by atoms with Gasteiger partial charge >= 0.3 is 10.2 Å². The normalized spacial score (nSPS) is 18.3. The van der Waals surface area contributed by atoms with E-state index in [1.165, 1.54) is 10.5 Å². The number of anilines is 2. The van der Waals surface area contributed by atoms with Crippen LogP contribution >= 0.6 is 0 Å². The van der Waals surface area contributed by atoms with Crippen LogP contribution in [0.1, 0.15) is 18.2 Å². The molecular formula is C17H20N6O2S. The van der Waals surface area contributed by atoms with Crippen molar-refractivity contribution in [1.82, 2.24) is 14.3 Å². The highest BCUT2D eigenvalue weighted by atomic mass is 32.2. The Morgan fingerprint density at radius 3 is 2.69 bits per heavy atom. The predicted molar refractivity (Wildman–Crippen MR) is 98.8 cm³/mol. The van der Waals surface area contributed by atoms with Crippen molar-refractivity contribution in [3.05, 3.63) is 47.8 Å². The van der Waals surface area contributed by atoms with Gasteiger partial charge in [-0.2, -0.15) is 18.0 Å². The molecule has 2 aromatic rings. The molecule has 1 saturated heterocycles. The number of aromatic nitrogens is 2. The first-order chi connectivity index (χ1) is 12.4. The lowest BCUT2D eigenvalue weighted by Crippen LogP contribution is -2.55. The fourth-order valence-corrected chi connectivity index (χ4v) is 4.14. The average molecular weight is 372 g/mol. The van der Waals surface area contributed by atoms with E-state index < -0.39 is 10.2 Å².